The minimum atomic E-state index is -0.957. The van der Waals surface area contributed by atoms with Crippen molar-refractivity contribution in [2.45, 2.75) is 19.4 Å². The van der Waals surface area contributed by atoms with Gasteiger partial charge in [-0.05, 0) is 48.0 Å². The summed E-state index contributed by atoms with van der Waals surface area (Å²) in [4.78, 5) is 13.2. The van der Waals surface area contributed by atoms with Gasteiger partial charge in [-0.15, -0.1) is 0 Å². The molecule has 0 aliphatic rings. The number of rotatable bonds is 5. The maximum atomic E-state index is 12.9. The predicted octanol–water partition coefficient (Wildman–Crippen LogP) is 2.20. The van der Waals surface area contributed by atoms with Crippen LogP contribution >= 0.6 is 15.9 Å². The average Bonchev–Trinajstić information content (AvgIpc) is 2.25. The summed E-state index contributed by atoms with van der Waals surface area (Å²) in [6.45, 7) is 3.28. The van der Waals surface area contributed by atoms with Gasteiger partial charge in [0.25, 0.3) is 5.91 Å². The fourth-order valence-electron chi connectivity index (χ4n) is 1.51. The first kappa shape index (κ1) is 15.9. The summed E-state index contributed by atoms with van der Waals surface area (Å²) in [5.74, 6) is -0.255. The lowest BCUT2D eigenvalue weighted by atomic mass is 10.1. The second kappa shape index (κ2) is 6.34. The van der Waals surface area contributed by atoms with E-state index in [-0.39, 0.29) is 24.9 Å². The number of benzene rings is 1. The first-order chi connectivity index (χ1) is 8.69. The Morgan fingerprint density at radius 1 is 1.53 bits per heavy atom. The molecule has 0 fully saturated rings. The van der Waals surface area contributed by atoms with Gasteiger partial charge in [0.2, 0.25) is 0 Å². The quantitative estimate of drug-likeness (QED) is 0.898. The standard InChI is InChI=1S/C13H17BrFNO3/c1-13(2,18)8-16(3)12(17)7-19-11-5-4-9(15)6-10(11)14/h4-6,18H,7-8H2,1-3H3. The molecular formula is C13H17BrFNO3. The number of hydrogen-bond donors (Lipinski definition) is 1. The second-order valence-electron chi connectivity index (χ2n) is 4.93. The smallest absolute Gasteiger partial charge is 0.260 e. The minimum absolute atomic E-state index is 0.170. The van der Waals surface area contributed by atoms with Crippen LogP contribution in [-0.2, 0) is 4.79 Å². The highest BCUT2D eigenvalue weighted by atomic mass is 79.9. The molecule has 106 valence electrons. The Hall–Kier alpha value is -1.14. The SMILES string of the molecule is CN(CC(C)(C)O)C(=O)COc1ccc(F)cc1Br. The second-order valence-corrected chi connectivity index (χ2v) is 5.78. The summed E-state index contributed by atoms with van der Waals surface area (Å²) >= 11 is 3.15. The van der Waals surface area contributed by atoms with E-state index in [9.17, 15) is 14.3 Å². The van der Waals surface area contributed by atoms with Crippen molar-refractivity contribution in [2.24, 2.45) is 0 Å². The Kier molecular flexibility index (Phi) is 5.31. The Morgan fingerprint density at radius 3 is 2.68 bits per heavy atom. The number of amides is 1. The average molecular weight is 334 g/mol. The zero-order chi connectivity index (χ0) is 14.6. The van der Waals surface area contributed by atoms with Gasteiger partial charge in [0.05, 0.1) is 10.1 Å². The predicted molar refractivity (Wildman–Crippen MR) is 73.5 cm³/mol. The molecule has 0 saturated heterocycles. The first-order valence-electron chi connectivity index (χ1n) is 5.73. The molecule has 0 bridgehead atoms. The molecule has 6 heteroatoms. The molecule has 4 nitrogen and oxygen atoms in total. The lowest BCUT2D eigenvalue weighted by Gasteiger charge is -2.25. The van der Waals surface area contributed by atoms with Gasteiger partial charge in [-0.3, -0.25) is 4.79 Å². The molecule has 19 heavy (non-hydrogen) atoms. The number of nitrogens with zero attached hydrogens (tertiary/aromatic N) is 1. The van der Waals surface area contributed by atoms with Crippen molar-refractivity contribution in [1.29, 1.82) is 0 Å². The minimum Gasteiger partial charge on any atom is -0.483 e. The number of halogens is 2. The third-order valence-corrected chi connectivity index (χ3v) is 2.91. The number of aliphatic hydroxyl groups is 1. The topological polar surface area (TPSA) is 49.8 Å². The zero-order valence-corrected chi connectivity index (χ0v) is 12.7. The van der Waals surface area contributed by atoms with Crippen LogP contribution < -0.4 is 4.74 Å². The number of ether oxygens (including phenoxy) is 1. The van der Waals surface area contributed by atoms with Crippen LogP contribution in [0.4, 0.5) is 4.39 Å². The van der Waals surface area contributed by atoms with Crippen molar-refractivity contribution in [3.05, 3.63) is 28.5 Å². The van der Waals surface area contributed by atoms with Crippen LogP contribution in [0.5, 0.6) is 5.75 Å². The highest BCUT2D eigenvalue weighted by molar-refractivity contribution is 9.10. The molecule has 0 saturated carbocycles. The molecule has 0 heterocycles. The summed E-state index contributed by atoms with van der Waals surface area (Å²) in [6, 6.07) is 3.97. The van der Waals surface area contributed by atoms with Crippen LogP contribution in [0, 0.1) is 5.82 Å². The van der Waals surface area contributed by atoms with E-state index in [1.807, 2.05) is 0 Å². The van der Waals surface area contributed by atoms with E-state index in [1.54, 1.807) is 20.9 Å². The molecule has 0 unspecified atom stereocenters. The van der Waals surface area contributed by atoms with Crippen molar-refractivity contribution in [3.8, 4) is 5.75 Å². The molecule has 1 amide bonds. The molecule has 0 aliphatic heterocycles. The molecular weight excluding hydrogens is 317 g/mol. The molecule has 0 radical (unpaired) electrons. The van der Waals surface area contributed by atoms with Crippen LogP contribution in [0.2, 0.25) is 0 Å². The largest absolute Gasteiger partial charge is 0.483 e. The third-order valence-electron chi connectivity index (χ3n) is 2.29. The molecule has 0 aliphatic carbocycles. The van der Waals surface area contributed by atoms with Gasteiger partial charge in [0.1, 0.15) is 11.6 Å². The number of carbonyl (C=O) groups is 1. The fraction of sp³-hybridized carbons (Fsp3) is 0.462. The van der Waals surface area contributed by atoms with Crippen molar-refractivity contribution >= 4 is 21.8 Å². The fourth-order valence-corrected chi connectivity index (χ4v) is 1.98. The van der Waals surface area contributed by atoms with Crippen molar-refractivity contribution in [1.82, 2.24) is 4.90 Å². The Labute approximate surface area is 120 Å². The zero-order valence-electron chi connectivity index (χ0n) is 11.1. The van der Waals surface area contributed by atoms with Gasteiger partial charge in [-0.1, -0.05) is 0 Å². The Bertz CT molecular complexity index is 460. The molecule has 1 aromatic carbocycles. The molecule has 0 aromatic heterocycles. The lowest BCUT2D eigenvalue weighted by molar-refractivity contribution is -0.134. The van der Waals surface area contributed by atoms with Crippen LogP contribution in [0.25, 0.3) is 0 Å². The molecule has 1 N–H and O–H groups in total. The maximum Gasteiger partial charge on any atom is 0.260 e. The van der Waals surface area contributed by atoms with Gasteiger partial charge >= 0.3 is 0 Å². The van der Waals surface area contributed by atoms with Gasteiger partial charge in [0, 0.05) is 13.6 Å². The Morgan fingerprint density at radius 2 is 2.16 bits per heavy atom. The van der Waals surface area contributed by atoms with Crippen molar-refractivity contribution in [3.63, 3.8) is 0 Å². The summed E-state index contributed by atoms with van der Waals surface area (Å²) < 4.78 is 18.6. The monoisotopic (exact) mass is 333 g/mol. The third kappa shape index (κ3) is 5.57. The van der Waals surface area contributed by atoms with Gasteiger partial charge in [0.15, 0.2) is 6.61 Å². The van der Waals surface area contributed by atoms with Gasteiger partial charge in [-0.2, -0.15) is 0 Å². The van der Waals surface area contributed by atoms with E-state index in [1.165, 1.54) is 23.1 Å². The summed E-state index contributed by atoms with van der Waals surface area (Å²) in [5.41, 5.74) is -0.957. The van der Waals surface area contributed by atoms with Gasteiger partial charge < -0.3 is 14.7 Å². The van der Waals surface area contributed by atoms with Crippen molar-refractivity contribution < 1.29 is 19.0 Å². The normalized spacial score (nSPS) is 11.3. The lowest BCUT2D eigenvalue weighted by Crippen LogP contribution is -2.41. The highest BCUT2D eigenvalue weighted by Gasteiger charge is 2.19. The van der Waals surface area contributed by atoms with E-state index < -0.39 is 5.60 Å². The maximum absolute atomic E-state index is 12.9. The Balaban J connectivity index is 2.54. The molecule has 1 rings (SSSR count). The molecule has 1 aromatic rings. The van der Waals surface area contributed by atoms with E-state index in [0.29, 0.717) is 10.2 Å². The summed E-state index contributed by atoms with van der Waals surface area (Å²) in [5, 5.41) is 9.61. The van der Waals surface area contributed by atoms with Gasteiger partial charge in [-0.25, -0.2) is 4.39 Å². The molecule has 0 spiro atoms. The number of likely N-dealkylation sites (N-methyl/N-ethyl adjacent to an activating group) is 1. The van der Waals surface area contributed by atoms with Crippen LogP contribution in [0.3, 0.4) is 0 Å². The summed E-state index contributed by atoms with van der Waals surface area (Å²) in [6.07, 6.45) is 0. The number of hydrogen-bond acceptors (Lipinski definition) is 3. The highest BCUT2D eigenvalue weighted by Crippen LogP contribution is 2.25. The first-order valence-corrected chi connectivity index (χ1v) is 6.52. The van der Waals surface area contributed by atoms with E-state index in [2.05, 4.69) is 15.9 Å². The van der Waals surface area contributed by atoms with E-state index in [4.69, 9.17) is 4.74 Å². The van der Waals surface area contributed by atoms with E-state index in [0.717, 1.165) is 0 Å². The van der Waals surface area contributed by atoms with Crippen LogP contribution in [-0.4, -0.2) is 41.7 Å². The summed E-state index contributed by atoms with van der Waals surface area (Å²) in [7, 11) is 1.59. The van der Waals surface area contributed by atoms with E-state index >= 15 is 0 Å². The van der Waals surface area contributed by atoms with Crippen molar-refractivity contribution in [2.75, 3.05) is 20.2 Å². The van der Waals surface area contributed by atoms with Crippen LogP contribution in [0.1, 0.15) is 13.8 Å². The van der Waals surface area contributed by atoms with Crippen LogP contribution in [0.15, 0.2) is 22.7 Å². The number of carbonyl (C=O) groups excluding carboxylic acids is 1. The molecule has 0 atom stereocenters.